The first kappa shape index (κ1) is 21.2. The standard InChI is InChI=1S/C24H29N3O4/c1-16-12-17(2)23(18(3)13-16)25-22(28)15-27-14-21(24(29)26-8-10-30-11-9-26)31-20-7-5-4-6-19(20)27/h4-7,12-13,21H,8-11,14-15H2,1-3H3,(H,25,28)/t21-/m0/s1. The largest absolute Gasteiger partial charge is 0.477 e. The number of hydrogen-bond donors (Lipinski definition) is 1. The summed E-state index contributed by atoms with van der Waals surface area (Å²) in [6.07, 6.45) is -0.649. The van der Waals surface area contributed by atoms with Crippen molar-refractivity contribution in [3.63, 3.8) is 0 Å². The van der Waals surface area contributed by atoms with E-state index in [2.05, 4.69) is 17.4 Å². The number of benzene rings is 2. The highest BCUT2D eigenvalue weighted by molar-refractivity contribution is 5.96. The van der Waals surface area contributed by atoms with Crippen molar-refractivity contribution < 1.29 is 19.1 Å². The van der Waals surface area contributed by atoms with Gasteiger partial charge in [0.15, 0.2) is 6.10 Å². The van der Waals surface area contributed by atoms with E-state index in [-0.39, 0.29) is 18.4 Å². The highest BCUT2D eigenvalue weighted by Gasteiger charge is 2.34. The molecule has 1 N–H and O–H groups in total. The molecule has 0 unspecified atom stereocenters. The molecular formula is C24H29N3O4. The highest BCUT2D eigenvalue weighted by atomic mass is 16.5. The molecule has 2 amide bonds. The normalized spacial score (nSPS) is 18.2. The van der Waals surface area contributed by atoms with Gasteiger partial charge in [0.1, 0.15) is 5.75 Å². The number of carbonyl (C=O) groups is 2. The second kappa shape index (κ2) is 8.98. The van der Waals surface area contributed by atoms with E-state index in [9.17, 15) is 9.59 Å². The number of carbonyl (C=O) groups excluding carboxylic acids is 2. The van der Waals surface area contributed by atoms with Crippen molar-refractivity contribution in [1.29, 1.82) is 0 Å². The van der Waals surface area contributed by atoms with E-state index in [0.717, 1.165) is 22.5 Å². The van der Waals surface area contributed by atoms with E-state index < -0.39 is 6.10 Å². The van der Waals surface area contributed by atoms with E-state index >= 15 is 0 Å². The van der Waals surface area contributed by atoms with Crippen LogP contribution in [0, 0.1) is 20.8 Å². The second-order valence-electron chi connectivity index (χ2n) is 8.21. The number of aryl methyl sites for hydroxylation is 3. The Morgan fingerprint density at radius 1 is 1.06 bits per heavy atom. The zero-order valence-corrected chi connectivity index (χ0v) is 18.3. The maximum Gasteiger partial charge on any atom is 0.265 e. The molecule has 0 radical (unpaired) electrons. The van der Waals surface area contributed by atoms with Crippen LogP contribution in [0.4, 0.5) is 11.4 Å². The van der Waals surface area contributed by atoms with E-state index in [0.29, 0.717) is 38.6 Å². The van der Waals surface area contributed by atoms with Gasteiger partial charge in [0.05, 0.1) is 32.0 Å². The van der Waals surface area contributed by atoms with Gasteiger partial charge in [0.2, 0.25) is 5.91 Å². The Kier molecular flexibility index (Phi) is 6.13. The Bertz CT molecular complexity index is 962. The van der Waals surface area contributed by atoms with Gasteiger partial charge in [0, 0.05) is 18.8 Å². The Hall–Kier alpha value is -3.06. The summed E-state index contributed by atoms with van der Waals surface area (Å²) in [4.78, 5) is 29.7. The lowest BCUT2D eigenvalue weighted by molar-refractivity contribution is -0.142. The number of rotatable bonds is 4. The molecule has 0 aromatic heterocycles. The average molecular weight is 424 g/mol. The van der Waals surface area contributed by atoms with Gasteiger partial charge in [0.25, 0.3) is 5.91 Å². The van der Waals surface area contributed by atoms with Crippen LogP contribution in [0.25, 0.3) is 0 Å². The monoisotopic (exact) mass is 423 g/mol. The summed E-state index contributed by atoms with van der Waals surface area (Å²) in [7, 11) is 0. The molecule has 7 heteroatoms. The van der Waals surface area contributed by atoms with Crippen molar-refractivity contribution >= 4 is 23.2 Å². The molecule has 2 aliphatic rings. The van der Waals surface area contributed by atoms with Gasteiger partial charge < -0.3 is 24.6 Å². The maximum atomic E-state index is 13.0. The van der Waals surface area contributed by atoms with Crippen molar-refractivity contribution in [3.05, 3.63) is 53.1 Å². The second-order valence-corrected chi connectivity index (χ2v) is 8.21. The number of ether oxygens (including phenoxy) is 2. The van der Waals surface area contributed by atoms with Crippen LogP contribution >= 0.6 is 0 Å². The van der Waals surface area contributed by atoms with Crippen LogP contribution in [0.15, 0.2) is 36.4 Å². The molecule has 0 spiro atoms. The highest BCUT2D eigenvalue weighted by Crippen LogP contribution is 2.33. The molecular weight excluding hydrogens is 394 g/mol. The van der Waals surface area contributed by atoms with Gasteiger partial charge in [-0.1, -0.05) is 29.8 Å². The molecule has 31 heavy (non-hydrogen) atoms. The molecule has 0 bridgehead atoms. The third kappa shape index (κ3) is 4.66. The number of nitrogens with one attached hydrogen (secondary N) is 1. The number of anilines is 2. The van der Waals surface area contributed by atoms with Crippen molar-refractivity contribution in [3.8, 4) is 5.75 Å². The first-order valence-corrected chi connectivity index (χ1v) is 10.7. The third-order valence-corrected chi connectivity index (χ3v) is 5.74. The van der Waals surface area contributed by atoms with Crippen LogP contribution in [0.1, 0.15) is 16.7 Å². The molecule has 2 heterocycles. The van der Waals surface area contributed by atoms with E-state index in [4.69, 9.17) is 9.47 Å². The molecule has 1 atom stereocenters. The predicted molar refractivity (Wildman–Crippen MR) is 120 cm³/mol. The van der Waals surface area contributed by atoms with Crippen molar-refractivity contribution in [2.45, 2.75) is 26.9 Å². The number of amides is 2. The minimum absolute atomic E-state index is 0.0616. The first-order valence-electron chi connectivity index (χ1n) is 10.7. The fourth-order valence-electron chi connectivity index (χ4n) is 4.30. The van der Waals surface area contributed by atoms with E-state index in [1.54, 1.807) is 4.90 Å². The van der Waals surface area contributed by atoms with Crippen LogP contribution < -0.4 is 15.0 Å². The zero-order valence-electron chi connectivity index (χ0n) is 18.3. The molecule has 7 nitrogen and oxygen atoms in total. The summed E-state index contributed by atoms with van der Waals surface area (Å²) in [5, 5.41) is 3.06. The molecule has 164 valence electrons. The lowest BCUT2D eigenvalue weighted by Crippen LogP contribution is -2.53. The molecule has 2 aliphatic heterocycles. The summed E-state index contributed by atoms with van der Waals surface area (Å²) in [6, 6.07) is 11.7. The molecule has 0 aliphatic carbocycles. The zero-order chi connectivity index (χ0) is 22.0. The van der Waals surface area contributed by atoms with Crippen LogP contribution in [-0.2, 0) is 14.3 Å². The lowest BCUT2D eigenvalue weighted by Gasteiger charge is -2.38. The van der Waals surface area contributed by atoms with Crippen LogP contribution in [0.3, 0.4) is 0 Å². The lowest BCUT2D eigenvalue weighted by atomic mass is 10.1. The first-order chi connectivity index (χ1) is 14.9. The Labute approximate surface area is 182 Å². The van der Waals surface area contributed by atoms with Gasteiger partial charge in [-0.3, -0.25) is 9.59 Å². The Morgan fingerprint density at radius 2 is 1.74 bits per heavy atom. The Morgan fingerprint density at radius 3 is 2.45 bits per heavy atom. The summed E-state index contributed by atoms with van der Waals surface area (Å²) in [6.45, 7) is 8.70. The quantitative estimate of drug-likeness (QED) is 0.819. The molecule has 4 rings (SSSR count). The molecule has 1 saturated heterocycles. The SMILES string of the molecule is Cc1cc(C)c(NC(=O)CN2C[C@@H](C(=O)N3CCOCC3)Oc3ccccc32)c(C)c1. The summed E-state index contributed by atoms with van der Waals surface area (Å²) >= 11 is 0. The number of nitrogens with zero attached hydrogens (tertiary/aromatic N) is 2. The fourth-order valence-corrected chi connectivity index (χ4v) is 4.30. The summed E-state index contributed by atoms with van der Waals surface area (Å²) in [5.74, 6) is 0.439. The number of hydrogen-bond acceptors (Lipinski definition) is 5. The van der Waals surface area contributed by atoms with Gasteiger partial charge in [-0.15, -0.1) is 0 Å². The number of para-hydroxylation sites is 2. The fraction of sp³-hybridized carbons (Fsp3) is 0.417. The molecule has 1 fully saturated rings. The number of fused-ring (bicyclic) bond motifs is 1. The molecule has 0 saturated carbocycles. The predicted octanol–water partition coefficient (Wildman–Crippen LogP) is 2.68. The van der Waals surface area contributed by atoms with Crippen LogP contribution in [0.2, 0.25) is 0 Å². The molecule has 2 aromatic rings. The summed E-state index contributed by atoms with van der Waals surface area (Å²) in [5.41, 5.74) is 4.90. The van der Waals surface area contributed by atoms with Gasteiger partial charge in [-0.05, 0) is 44.0 Å². The minimum atomic E-state index is -0.649. The Balaban J connectivity index is 1.51. The topological polar surface area (TPSA) is 71.1 Å². The van der Waals surface area contributed by atoms with Gasteiger partial charge in [-0.2, -0.15) is 0 Å². The van der Waals surface area contributed by atoms with E-state index in [1.807, 2.05) is 49.9 Å². The van der Waals surface area contributed by atoms with Crippen molar-refractivity contribution in [1.82, 2.24) is 4.90 Å². The van der Waals surface area contributed by atoms with E-state index in [1.165, 1.54) is 5.56 Å². The smallest absolute Gasteiger partial charge is 0.265 e. The van der Waals surface area contributed by atoms with Crippen LogP contribution in [0.5, 0.6) is 5.75 Å². The average Bonchev–Trinajstić information content (AvgIpc) is 2.76. The van der Waals surface area contributed by atoms with Crippen molar-refractivity contribution in [2.75, 3.05) is 49.6 Å². The number of morpholine rings is 1. The minimum Gasteiger partial charge on any atom is -0.477 e. The molecule has 2 aromatic carbocycles. The maximum absolute atomic E-state index is 13.0. The van der Waals surface area contributed by atoms with Gasteiger partial charge in [-0.25, -0.2) is 0 Å². The van der Waals surface area contributed by atoms with Crippen molar-refractivity contribution in [2.24, 2.45) is 0 Å². The van der Waals surface area contributed by atoms with Crippen LogP contribution in [-0.4, -0.2) is 62.2 Å². The summed E-state index contributed by atoms with van der Waals surface area (Å²) < 4.78 is 11.4. The van der Waals surface area contributed by atoms with Gasteiger partial charge >= 0.3 is 0 Å². The third-order valence-electron chi connectivity index (χ3n) is 5.74.